The summed E-state index contributed by atoms with van der Waals surface area (Å²) in [5.74, 6) is -0.247. The minimum atomic E-state index is -3.89. The molecule has 2 aromatic rings. The minimum absolute atomic E-state index is 0.0144. The zero-order valence-corrected chi connectivity index (χ0v) is 12.9. The lowest BCUT2D eigenvalue weighted by Gasteiger charge is -2.08. The summed E-state index contributed by atoms with van der Waals surface area (Å²) >= 11 is 5.88. The van der Waals surface area contributed by atoms with Gasteiger partial charge in [0, 0.05) is 19.7 Å². The number of hydrogen-bond acceptors (Lipinski definition) is 4. The first-order valence-electron chi connectivity index (χ1n) is 5.87. The molecule has 0 saturated carbocycles. The van der Waals surface area contributed by atoms with Crippen molar-refractivity contribution in [1.29, 1.82) is 0 Å². The monoisotopic (exact) mass is 328 g/mol. The average Bonchev–Trinajstić information content (AvgIpc) is 2.69. The molecular formula is C12H13ClN4O3S. The van der Waals surface area contributed by atoms with Crippen molar-refractivity contribution >= 4 is 38.9 Å². The first-order valence-corrected chi connectivity index (χ1v) is 7.73. The Labute approximate surface area is 127 Å². The van der Waals surface area contributed by atoms with Crippen LogP contribution in [0.1, 0.15) is 6.92 Å². The Kier molecular flexibility index (Phi) is 4.19. The third-order valence-corrected chi connectivity index (χ3v) is 4.39. The normalized spacial score (nSPS) is 11.2. The molecule has 1 aromatic heterocycles. The molecule has 0 aliphatic heterocycles. The molecule has 0 unspecified atom stereocenters. The van der Waals surface area contributed by atoms with Crippen molar-refractivity contribution in [2.45, 2.75) is 11.9 Å². The highest BCUT2D eigenvalue weighted by Crippen LogP contribution is 2.23. The molecule has 112 valence electrons. The predicted octanol–water partition coefficient (Wildman–Crippen LogP) is 1.83. The van der Waals surface area contributed by atoms with Gasteiger partial charge in [0.2, 0.25) is 10.9 Å². The molecule has 0 radical (unpaired) electrons. The number of halogens is 1. The third kappa shape index (κ3) is 3.53. The number of nitrogens with zero attached hydrogens (tertiary/aromatic N) is 2. The fraction of sp³-hybridized carbons (Fsp3) is 0.167. The van der Waals surface area contributed by atoms with Crippen LogP contribution >= 0.6 is 11.6 Å². The molecule has 0 bridgehead atoms. The molecule has 9 heteroatoms. The Balaban J connectivity index is 2.29. The van der Waals surface area contributed by atoms with Gasteiger partial charge in [-0.1, -0.05) is 17.7 Å². The predicted molar refractivity (Wildman–Crippen MR) is 79.8 cm³/mol. The minimum Gasteiger partial charge on any atom is -0.326 e. The average molecular weight is 329 g/mol. The number of benzene rings is 1. The van der Waals surface area contributed by atoms with Gasteiger partial charge in [-0.25, -0.2) is 4.98 Å². The lowest BCUT2D eigenvalue weighted by molar-refractivity contribution is -0.114. The van der Waals surface area contributed by atoms with E-state index in [0.717, 1.165) is 0 Å². The lowest BCUT2D eigenvalue weighted by Crippen LogP contribution is -2.14. The summed E-state index contributed by atoms with van der Waals surface area (Å²) in [6.07, 6.45) is 1.31. The topological polar surface area (TPSA) is 93.1 Å². The number of amides is 1. The van der Waals surface area contributed by atoms with Crippen LogP contribution in [0.15, 0.2) is 35.6 Å². The number of hydrogen-bond donors (Lipinski definition) is 2. The largest absolute Gasteiger partial charge is 0.326 e. The number of rotatable bonds is 4. The van der Waals surface area contributed by atoms with Gasteiger partial charge >= 0.3 is 0 Å². The van der Waals surface area contributed by atoms with Gasteiger partial charge in [0.05, 0.1) is 12.0 Å². The third-order valence-electron chi connectivity index (χ3n) is 2.52. The van der Waals surface area contributed by atoms with Gasteiger partial charge in [-0.2, -0.15) is 8.42 Å². The Bertz CT molecular complexity index is 786. The summed E-state index contributed by atoms with van der Waals surface area (Å²) in [4.78, 5) is 14.8. The fourth-order valence-electron chi connectivity index (χ4n) is 1.64. The standard InChI is InChI=1S/C12H13ClN4O3S/c1-8(18)15-9-4-3-5-10(6-9)16-21(19,20)12-11(13)17(2)7-14-12/h3-7,16H,1-2H3,(H,15,18). The van der Waals surface area contributed by atoms with Crippen LogP contribution in [0.2, 0.25) is 5.15 Å². The van der Waals surface area contributed by atoms with Crippen molar-refractivity contribution in [3.63, 3.8) is 0 Å². The Hall–Kier alpha value is -2.06. The first kappa shape index (κ1) is 15.3. The lowest BCUT2D eigenvalue weighted by atomic mass is 10.3. The second-order valence-corrected chi connectivity index (χ2v) is 6.27. The van der Waals surface area contributed by atoms with E-state index in [1.54, 1.807) is 25.2 Å². The van der Waals surface area contributed by atoms with Crippen molar-refractivity contribution in [2.24, 2.45) is 7.05 Å². The molecule has 2 N–H and O–H groups in total. The molecule has 0 spiro atoms. The van der Waals surface area contributed by atoms with Crippen LogP contribution in [0, 0.1) is 0 Å². The van der Waals surface area contributed by atoms with Gasteiger partial charge in [0.25, 0.3) is 10.0 Å². The molecule has 1 heterocycles. The maximum atomic E-state index is 12.2. The highest BCUT2D eigenvalue weighted by Gasteiger charge is 2.22. The van der Waals surface area contributed by atoms with E-state index >= 15 is 0 Å². The Morgan fingerprint density at radius 2 is 2.00 bits per heavy atom. The molecule has 2 rings (SSSR count). The molecule has 0 aliphatic carbocycles. The molecule has 0 atom stereocenters. The van der Waals surface area contributed by atoms with E-state index in [-0.39, 0.29) is 16.1 Å². The molecular weight excluding hydrogens is 316 g/mol. The van der Waals surface area contributed by atoms with E-state index < -0.39 is 10.0 Å². The summed E-state index contributed by atoms with van der Waals surface area (Å²) in [6, 6.07) is 6.31. The summed E-state index contributed by atoms with van der Waals surface area (Å²) < 4.78 is 28.2. The van der Waals surface area contributed by atoms with E-state index in [1.165, 1.54) is 23.9 Å². The van der Waals surface area contributed by atoms with Crippen molar-refractivity contribution in [3.05, 3.63) is 35.7 Å². The number of carbonyl (C=O) groups is 1. The van der Waals surface area contributed by atoms with Crippen LogP contribution in [-0.4, -0.2) is 23.9 Å². The van der Waals surface area contributed by atoms with Gasteiger partial charge in [-0.05, 0) is 18.2 Å². The van der Waals surface area contributed by atoms with Crippen molar-refractivity contribution in [2.75, 3.05) is 10.0 Å². The molecule has 0 saturated heterocycles. The van der Waals surface area contributed by atoms with Gasteiger partial charge in [0.1, 0.15) is 5.15 Å². The van der Waals surface area contributed by atoms with Crippen molar-refractivity contribution in [1.82, 2.24) is 9.55 Å². The highest BCUT2D eigenvalue weighted by atomic mass is 35.5. The number of aromatic nitrogens is 2. The first-order chi connectivity index (χ1) is 9.79. The molecule has 0 fully saturated rings. The second-order valence-electron chi connectivity index (χ2n) is 4.32. The van der Waals surface area contributed by atoms with Gasteiger partial charge in [-0.15, -0.1) is 0 Å². The number of imidazole rings is 1. The van der Waals surface area contributed by atoms with Gasteiger partial charge in [0.15, 0.2) is 0 Å². The number of sulfonamides is 1. The van der Waals surface area contributed by atoms with Crippen molar-refractivity contribution in [3.8, 4) is 0 Å². The Morgan fingerprint density at radius 3 is 2.57 bits per heavy atom. The number of nitrogens with one attached hydrogen (secondary N) is 2. The molecule has 7 nitrogen and oxygen atoms in total. The second kappa shape index (κ2) is 5.74. The van der Waals surface area contributed by atoms with Crippen LogP contribution in [0.4, 0.5) is 11.4 Å². The maximum absolute atomic E-state index is 12.2. The van der Waals surface area contributed by atoms with E-state index in [1.807, 2.05) is 0 Å². The summed E-state index contributed by atoms with van der Waals surface area (Å²) in [7, 11) is -2.31. The van der Waals surface area contributed by atoms with Gasteiger partial charge < -0.3 is 9.88 Å². The van der Waals surface area contributed by atoms with Crippen LogP contribution in [0.3, 0.4) is 0 Å². The summed E-state index contributed by atoms with van der Waals surface area (Å²) in [6.45, 7) is 1.37. The quantitative estimate of drug-likeness (QED) is 0.895. The Morgan fingerprint density at radius 1 is 1.33 bits per heavy atom. The van der Waals surface area contributed by atoms with E-state index in [4.69, 9.17) is 11.6 Å². The molecule has 1 amide bonds. The smallest absolute Gasteiger partial charge is 0.282 e. The number of anilines is 2. The fourth-order valence-corrected chi connectivity index (χ4v) is 3.12. The number of aryl methyl sites for hydroxylation is 1. The van der Waals surface area contributed by atoms with Gasteiger partial charge in [-0.3, -0.25) is 9.52 Å². The SMILES string of the molecule is CC(=O)Nc1cccc(NS(=O)(=O)c2ncn(C)c2Cl)c1. The zero-order chi connectivity index (χ0) is 15.6. The molecule has 0 aliphatic rings. The molecule has 21 heavy (non-hydrogen) atoms. The van der Waals surface area contributed by atoms with E-state index in [0.29, 0.717) is 11.4 Å². The van der Waals surface area contributed by atoms with Crippen LogP contribution in [-0.2, 0) is 21.9 Å². The summed E-state index contributed by atoms with van der Waals surface area (Å²) in [5.41, 5.74) is 0.776. The number of carbonyl (C=O) groups excluding carboxylic acids is 1. The van der Waals surface area contributed by atoms with Crippen LogP contribution in [0.5, 0.6) is 0 Å². The highest BCUT2D eigenvalue weighted by molar-refractivity contribution is 7.92. The molecule has 1 aromatic carbocycles. The van der Waals surface area contributed by atoms with Crippen LogP contribution < -0.4 is 10.0 Å². The summed E-state index contributed by atoms with van der Waals surface area (Å²) in [5, 5.41) is 2.33. The van der Waals surface area contributed by atoms with E-state index in [2.05, 4.69) is 15.0 Å². The zero-order valence-electron chi connectivity index (χ0n) is 11.3. The van der Waals surface area contributed by atoms with Crippen LogP contribution in [0.25, 0.3) is 0 Å². The van der Waals surface area contributed by atoms with Crippen molar-refractivity contribution < 1.29 is 13.2 Å². The van der Waals surface area contributed by atoms with E-state index in [9.17, 15) is 13.2 Å². The maximum Gasteiger partial charge on any atom is 0.282 e.